The molecule has 0 saturated carbocycles. The van der Waals surface area contributed by atoms with E-state index in [2.05, 4.69) is 30.5 Å². The van der Waals surface area contributed by atoms with Gasteiger partial charge in [0, 0.05) is 11.4 Å². The summed E-state index contributed by atoms with van der Waals surface area (Å²) in [6.45, 7) is 6.32. The summed E-state index contributed by atoms with van der Waals surface area (Å²) < 4.78 is 13.2. The summed E-state index contributed by atoms with van der Waals surface area (Å²) >= 11 is 5.32. The van der Waals surface area contributed by atoms with Crippen LogP contribution < -0.4 is 10.6 Å². The molecule has 0 bridgehead atoms. The average molecular weight is 302 g/mol. The number of anilines is 2. The van der Waals surface area contributed by atoms with Gasteiger partial charge in [-0.1, -0.05) is 38.1 Å². The van der Waals surface area contributed by atoms with Crippen molar-refractivity contribution in [1.82, 2.24) is 0 Å². The first-order valence-electron chi connectivity index (χ1n) is 6.90. The van der Waals surface area contributed by atoms with Gasteiger partial charge >= 0.3 is 0 Å². The van der Waals surface area contributed by atoms with Crippen LogP contribution in [0, 0.1) is 12.7 Å². The number of para-hydroxylation sites is 1. The molecule has 2 aromatic rings. The maximum absolute atomic E-state index is 13.2. The molecule has 0 saturated heterocycles. The molecule has 2 N–H and O–H groups in total. The van der Waals surface area contributed by atoms with E-state index in [0.717, 1.165) is 11.3 Å². The highest BCUT2D eigenvalue weighted by Crippen LogP contribution is 2.27. The standard InChI is InChI=1S/C17H19FN2S/c1-11(2)15-9-4-6-12(3)16(15)20-17(21)19-14-8-5-7-13(18)10-14/h4-11H,1-3H3,(H2,19,20,21). The van der Waals surface area contributed by atoms with E-state index in [1.807, 2.05) is 19.1 Å². The molecule has 0 atom stereocenters. The number of nitrogens with one attached hydrogen (secondary N) is 2. The van der Waals surface area contributed by atoms with Gasteiger partial charge in [-0.25, -0.2) is 4.39 Å². The maximum Gasteiger partial charge on any atom is 0.175 e. The van der Waals surface area contributed by atoms with Crippen LogP contribution in [-0.4, -0.2) is 5.11 Å². The van der Waals surface area contributed by atoms with Crippen molar-refractivity contribution in [2.24, 2.45) is 0 Å². The SMILES string of the molecule is Cc1cccc(C(C)C)c1NC(=S)Nc1cccc(F)c1. The normalized spacial score (nSPS) is 10.5. The zero-order valence-electron chi connectivity index (χ0n) is 12.4. The third-order valence-electron chi connectivity index (χ3n) is 3.25. The highest BCUT2D eigenvalue weighted by Gasteiger charge is 2.10. The lowest BCUT2D eigenvalue weighted by Gasteiger charge is -2.18. The van der Waals surface area contributed by atoms with Crippen molar-refractivity contribution in [3.05, 3.63) is 59.4 Å². The van der Waals surface area contributed by atoms with Crippen LogP contribution in [0.1, 0.15) is 30.9 Å². The fraction of sp³-hybridized carbons (Fsp3) is 0.235. The van der Waals surface area contributed by atoms with Crippen LogP contribution in [-0.2, 0) is 0 Å². The number of hydrogen-bond donors (Lipinski definition) is 2. The Morgan fingerprint density at radius 3 is 2.48 bits per heavy atom. The second kappa shape index (κ2) is 6.68. The van der Waals surface area contributed by atoms with E-state index in [9.17, 15) is 4.39 Å². The molecule has 0 fully saturated rings. The van der Waals surface area contributed by atoms with Crippen molar-refractivity contribution in [3.63, 3.8) is 0 Å². The smallest absolute Gasteiger partial charge is 0.175 e. The molecule has 2 rings (SSSR count). The Bertz CT molecular complexity index is 653. The number of aryl methyl sites for hydroxylation is 1. The van der Waals surface area contributed by atoms with E-state index >= 15 is 0 Å². The summed E-state index contributed by atoms with van der Waals surface area (Å²) in [7, 11) is 0. The molecule has 0 spiro atoms. The van der Waals surface area contributed by atoms with Crippen molar-refractivity contribution in [2.75, 3.05) is 10.6 Å². The Kier molecular flexibility index (Phi) is 4.91. The molecule has 0 aliphatic rings. The third-order valence-corrected chi connectivity index (χ3v) is 3.45. The monoisotopic (exact) mass is 302 g/mol. The van der Waals surface area contributed by atoms with Gasteiger partial charge in [-0.3, -0.25) is 0 Å². The summed E-state index contributed by atoms with van der Waals surface area (Å²) in [4.78, 5) is 0. The van der Waals surface area contributed by atoms with Crippen molar-refractivity contribution in [1.29, 1.82) is 0 Å². The highest BCUT2D eigenvalue weighted by atomic mass is 32.1. The predicted octanol–water partition coefficient (Wildman–Crippen LogP) is 5.07. The van der Waals surface area contributed by atoms with Crippen molar-refractivity contribution >= 4 is 28.7 Å². The van der Waals surface area contributed by atoms with E-state index in [0.29, 0.717) is 16.7 Å². The first-order valence-corrected chi connectivity index (χ1v) is 7.31. The molecule has 4 heteroatoms. The third kappa shape index (κ3) is 4.02. The van der Waals surface area contributed by atoms with Crippen LogP contribution in [0.15, 0.2) is 42.5 Å². The van der Waals surface area contributed by atoms with Crippen LogP contribution in [0.3, 0.4) is 0 Å². The molecule has 0 unspecified atom stereocenters. The first kappa shape index (κ1) is 15.4. The van der Waals surface area contributed by atoms with Gasteiger partial charge in [0.05, 0.1) is 0 Å². The molecule has 0 aliphatic carbocycles. The average Bonchev–Trinajstić information content (AvgIpc) is 2.40. The molecule has 2 nitrogen and oxygen atoms in total. The minimum absolute atomic E-state index is 0.290. The Labute approximate surface area is 130 Å². The van der Waals surface area contributed by atoms with Gasteiger partial charge in [0.1, 0.15) is 5.82 Å². The fourth-order valence-corrected chi connectivity index (χ4v) is 2.40. The molecule has 0 amide bonds. The van der Waals surface area contributed by atoms with Crippen molar-refractivity contribution in [3.8, 4) is 0 Å². The summed E-state index contributed by atoms with van der Waals surface area (Å²) in [5.41, 5.74) is 3.98. The fourth-order valence-electron chi connectivity index (χ4n) is 2.18. The topological polar surface area (TPSA) is 24.1 Å². The van der Waals surface area contributed by atoms with Gasteiger partial charge < -0.3 is 10.6 Å². The predicted molar refractivity (Wildman–Crippen MR) is 91.5 cm³/mol. The van der Waals surface area contributed by atoms with Crippen LogP contribution in [0.4, 0.5) is 15.8 Å². The Morgan fingerprint density at radius 1 is 1.10 bits per heavy atom. The van der Waals surface area contributed by atoms with Crippen LogP contribution in [0.2, 0.25) is 0 Å². The number of hydrogen-bond acceptors (Lipinski definition) is 1. The minimum atomic E-state index is -0.290. The van der Waals surface area contributed by atoms with Gasteiger partial charge in [0.25, 0.3) is 0 Å². The van der Waals surface area contributed by atoms with E-state index in [1.165, 1.54) is 17.7 Å². The van der Waals surface area contributed by atoms with Gasteiger partial charge in [0.2, 0.25) is 0 Å². The maximum atomic E-state index is 13.2. The number of thiocarbonyl (C=S) groups is 1. The Morgan fingerprint density at radius 2 is 1.81 bits per heavy atom. The molecule has 0 aliphatic heterocycles. The molecule has 110 valence electrons. The lowest BCUT2D eigenvalue weighted by Crippen LogP contribution is -2.20. The lowest BCUT2D eigenvalue weighted by molar-refractivity contribution is 0.628. The van der Waals surface area contributed by atoms with E-state index < -0.39 is 0 Å². The highest BCUT2D eigenvalue weighted by molar-refractivity contribution is 7.80. The molecule has 0 radical (unpaired) electrons. The number of benzene rings is 2. The molecular formula is C17H19FN2S. The molecular weight excluding hydrogens is 283 g/mol. The Balaban J connectivity index is 2.17. The van der Waals surface area contributed by atoms with Gasteiger partial charge in [0.15, 0.2) is 5.11 Å². The zero-order chi connectivity index (χ0) is 15.4. The molecule has 0 heterocycles. The zero-order valence-corrected chi connectivity index (χ0v) is 13.2. The Hall–Kier alpha value is -1.94. The van der Waals surface area contributed by atoms with E-state index in [-0.39, 0.29) is 5.82 Å². The quantitative estimate of drug-likeness (QED) is 0.774. The van der Waals surface area contributed by atoms with Gasteiger partial charge in [-0.2, -0.15) is 0 Å². The van der Waals surface area contributed by atoms with Crippen LogP contribution in [0.25, 0.3) is 0 Å². The summed E-state index contributed by atoms with van der Waals surface area (Å²) in [5, 5.41) is 6.69. The van der Waals surface area contributed by atoms with Gasteiger partial charge in [-0.15, -0.1) is 0 Å². The molecule has 0 aromatic heterocycles. The van der Waals surface area contributed by atoms with E-state index in [1.54, 1.807) is 12.1 Å². The second-order valence-electron chi connectivity index (χ2n) is 5.28. The van der Waals surface area contributed by atoms with Gasteiger partial charge in [-0.05, 0) is 54.4 Å². The molecule has 2 aromatic carbocycles. The van der Waals surface area contributed by atoms with Crippen molar-refractivity contribution < 1.29 is 4.39 Å². The largest absolute Gasteiger partial charge is 0.332 e. The lowest BCUT2D eigenvalue weighted by atomic mass is 9.98. The van der Waals surface area contributed by atoms with E-state index in [4.69, 9.17) is 12.2 Å². The second-order valence-corrected chi connectivity index (χ2v) is 5.69. The minimum Gasteiger partial charge on any atom is -0.332 e. The number of halogens is 1. The number of rotatable bonds is 3. The van der Waals surface area contributed by atoms with Crippen LogP contribution in [0.5, 0.6) is 0 Å². The summed E-state index contributed by atoms with van der Waals surface area (Å²) in [6.07, 6.45) is 0. The first-order chi connectivity index (χ1) is 9.97. The van der Waals surface area contributed by atoms with Crippen molar-refractivity contribution in [2.45, 2.75) is 26.7 Å². The summed E-state index contributed by atoms with van der Waals surface area (Å²) in [5.74, 6) is 0.103. The molecule has 21 heavy (non-hydrogen) atoms. The van der Waals surface area contributed by atoms with Crippen LogP contribution >= 0.6 is 12.2 Å². The summed E-state index contributed by atoms with van der Waals surface area (Å²) in [6, 6.07) is 12.4.